The highest BCUT2D eigenvalue weighted by Crippen LogP contribution is 2.39. The van der Waals surface area contributed by atoms with Crippen molar-refractivity contribution in [2.75, 3.05) is 24.3 Å². The summed E-state index contributed by atoms with van der Waals surface area (Å²) in [6.45, 7) is 0. The van der Waals surface area contributed by atoms with Crippen LogP contribution in [0.25, 0.3) is 4.96 Å². The van der Waals surface area contributed by atoms with Gasteiger partial charge in [0.05, 0.1) is 0 Å². The van der Waals surface area contributed by atoms with Crippen molar-refractivity contribution < 1.29 is 4.79 Å². The van der Waals surface area contributed by atoms with E-state index in [1.807, 2.05) is 43.3 Å². The van der Waals surface area contributed by atoms with E-state index >= 15 is 0 Å². The van der Waals surface area contributed by atoms with Gasteiger partial charge in [0.15, 0.2) is 5.82 Å². The number of aromatic nitrogens is 4. The second-order valence-electron chi connectivity index (χ2n) is 5.83. The summed E-state index contributed by atoms with van der Waals surface area (Å²) in [5, 5.41) is 15.9. The second-order valence-corrected chi connectivity index (χ2v) is 6.79. The van der Waals surface area contributed by atoms with Crippen LogP contribution in [0.2, 0.25) is 0 Å². The van der Waals surface area contributed by atoms with Crippen LogP contribution in [0.4, 0.5) is 11.4 Å². The Labute approximate surface area is 136 Å². The van der Waals surface area contributed by atoms with Crippen molar-refractivity contribution in [3.63, 3.8) is 0 Å². The Hall–Kier alpha value is -2.48. The molecule has 8 heteroatoms. The molecule has 0 radical (unpaired) electrons. The summed E-state index contributed by atoms with van der Waals surface area (Å²) < 4.78 is 1.70. The van der Waals surface area contributed by atoms with Crippen LogP contribution >= 0.6 is 11.3 Å². The molecule has 0 atom stereocenters. The molecule has 1 saturated carbocycles. The molecule has 1 aliphatic rings. The maximum absolute atomic E-state index is 12.4. The zero-order valence-corrected chi connectivity index (χ0v) is 13.7. The number of carbonyl (C=O) groups is 1. The van der Waals surface area contributed by atoms with E-state index in [9.17, 15) is 4.79 Å². The summed E-state index contributed by atoms with van der Waals surface area (Å²) in [5.74, 6) is 1.09. The molecular formula is C15H16N6OS. The molecule has 1 aromatic carbocycles. The van der Waals surface area contributed by atoms with E-state index in [1.165, 1.54) is 11.3 Å². The minimum atomic E-state index is -0.222. The molecule has 23 heavy (non-hydrogen) atoms. The number of carbonyl (C=O) groups excluding carboxylic acids is 1. The molecule has 2 heterocycles. The van der Waals surface area contributed by atoms with E-state index in [-0.39, 0.29) is 5.91 Å². The quantitative estimate of drug-likeness (QED) is 0.796. The van der Waals surface area contributed by atoms with Gasteiger partial charge in [-0.3, -0.25) is 4.79 Å². The Morgan fingerprint density at radius 3 is 2.65 bits per heavy atom. The van der Waals surface area contributed by atoms with Crippen molar-refractivity contribution in [3.05, 3.63) is 35.1 Å². The number of hydrogen-bond acceptors (Lipinski definition) is 6. The van der Waals surface area contributed by atoms with Gasteiger partial charge in [0, 0.05) is 31.4 Å². The average Bonchev–Trinajstić information content (AvgIpc) is 3.15. The van der Waals surface area contributed by atoms with Crippen LogP contribution < -0.4 is 10.2 Å². The largest absolute Gasteiger partial charge is 0.378 e. The number of hydrogen-bond donors (Lipinski definition) is 1. The van der Waals surface area contributed by atoms with Crippen molar-refractivity contribution >= 4 is 33.6 Å². The first-order valence-electron chi connectivity index (χ1n) is 7.42. The predicted octanol–water partition coefficient (Wildman–Crippen LogP) is 2.38. The third-order valence-electron chi connectivity index (χ3n) is 3.79. The normalized spacial score (nSPS) is 14.2. The lowest BCUT2D eigenvalue weighted by Crippen LogP contribution is -2.13. The fraction of sp³-hybridized carbons (Fsp3) is 0.333. The molecular weight excluding hydrogens is 312 g/mol. The number of benzene rings is 1. The van der Waals surface area contributed by atoms with Crippen LogP contribution in [-0.2, 0) is 0 Å². The topological polar surface area (TPSA) is 75.4 Å². The summed E-state index contributed by atoms with van der Waals surface area (Å²) in [7, 11) is 3.95. The van der Waals surface area contributed by atoms with Gasteiger partial charge >= 0.3 is 0 Å². The third-order valence-corrected chi connectivity index (χ3v) is 4.69. The molecule has 0 aliphatic heterocycles. The first-order valence-corrected chi connectivity index (χ1v) is 8.24. The highest BCUT2D eigenvalue weighted by molar-refractivity contribution is 7.18. The molecule has 4 rings (SSSR count). The average molecular weight is 328 g/mol. The Morgan fingerprint density at radius 2 is 2.00 bits per heavy atom. The molecule has 118 valence electrons. The molecule has 0 bridgehead atoms. The van der Waals surface area contributed by atoms with Gasteiger partial charge in [0.2, 0.25) is 9.97 Å². The number of rotatable bonds is 4. The van der Waals surface area contributed by atoms with Gasteiger partial charge in [-0.05, 0) is 37.1 Å². The van der Waals surface area contributed by atoms with Crippen molar-refractivity contribution in [3.8, 4) is 0 Å². The number of fused-ring (bicyclic) bond motifs is 1. The minimum absolute atomic E-state index is 0.222. The smallest absolute Gasteiger partial charge is 0.286 e. The van der Waals surface area contributed by atoms with Crippen molar-refractivity contribution in [1.82, 2.24) is 19.8 Å². The van der Waals surface area contributed by atoms with Gasteiger partial charge in [-0.2, -0.15) is 4.52 Å². The number of amides is 1. The zero-order chi connectivity index (χ0) is 16.0. The lowest BCUT2D eigenvalue weighted by molar-refractivity contribution is 0.102. The van der Waals surface area contributed by atoms with Crippen LogP contribution in [0.15, 0.2) is 24.3 Å². The molecule has 0 spiro atoms. The second kappa shape index (κ2) is 5.31. The van der Waals surface area contributed by atoms with Crippen molar-refractivity contribution in [2.24, 2.45) is 0 Å². The van der Waals surface area contributed by atoms with Gasteiger partial charge in [-0.25, -0.2) is 0 Å². The Morgan fingerprint density at radius 1 is 1.26 bits per heavy atom. The first-order chi connectivity index (χ1) is 11.1. The number of nitrogens with zero attached hydrogens (tertiary/aromatic N) is 5. The summed E-state index contributed by atoms with van der Waals surface area (Å²) in [6, 6.07) is 7.67. The van der Waals surface area contributed by atoms with Crippen LogP contribution in [0.5, 0.6) is 0 Å². The Balaban J connectivity index is 1.54. The molecule has 1 aliphatic carbocycles. The molecule has 7 nitrogen and oxygen atoms in total. The van der Waals surface area contributed by atoms with E-state index in [1.54, 1.807) is 4.52 Å². The van der Waals surface area contributed by atoms with Crippen LogP contribution in [-0.4, -0.2) is 39.8 Å². The Kier molecular flexibility index (Phi) is 3.26. The van der Waals surface area contributed by atoms with Crippen LogP contribution in [0.1, 0.15) is 34.4 Å². The molecule has 3 aromatic rings. The highest BCUT2D eigenvalue weighted by Gasteiger charge is 2.30. The van der Waals surface area contributed by atoms with E-state index < -0.39 is 0 Å². The molecule has 1 N–H and O–H groups in total. The van der Waals surface area contributed by atoms with Gasteiger partial charge in [-0.1, -0.05) is 11.3 Å². The number of nitrogens with one attached hydrogen (secondary N) is 1. The first kappa shape index (κ1) is 14.1. The summed E-state index contributed by atoms with van der Waals surface area (Å²) in [6.07, 6.45) is 2.25. The summed E-state index contributed by atoms with van der Waals surface area (Å²) in [5.41, 5.74) is 1.82. The van der Waals surface area contributed by atoms with Crippen molar-refractivity contribution in [1.29, 1.82) is 0 Å². The molecule has 0 unspecified atom stereocenters. The molecule has 0 saturated heterocycles. The summed E-state index contributed by atoms with van der Waals surface area (Å²) >= 11 is 1.26. The fourth-order valence-corrected chi connectivity index (χ4v) is 3.09. The Bertz CT molecular complexity index is 862. The zero-order valence-electron chi connectivity index (χ0n) is 12.9. The van der Waals surface area contributed by atoms with Crippen LogP contribution in [0, 0.1) is 0 Å². The third kappa shape index (κ3) is 2.65. The van der Waals surface area contributed by atoms with Gasteiger partial charge in [-0.15, -0.1) is 15.3 Å². The maximum Gasteiger partial charge on any atom is 0.286 e. The molecule has 2 aromatic heterocycles. The molecule has 1 amide bonds. The van der Waals surface area contributed by atoms with E-state index in [0.29, 0.717) is 15.9 Å². The maximum atomic E-state index is 12.4. The molecule has 1 fully saturated rings. The SMILES string of the molecule is CN(C)c1ccc(NC(=O)c2nn3c(C4CC4)nnc3s2)cc1. The number of anilines is 2. The standard InChI is InChI=1S/C15H16N6OS/c1-20(2)11-7-5-10(6-8-11)16-13(22)14-19-21-12(9-3-4-9)17-18-15(21)23-14/h5-9H,3-4H2,1-2H3,(H,16,22). The van der Waals surface area contributed by atoms with E-state index in [4.69, 9.17) is 0 Å². The highest BCUT2D eigenvalue weighted by atomic mass is 32.1. The van der Waals surface area contributed by atoms with Crippen LogP contribution in [0.3, 0.4) is 0 Å². The fourth-order valence-electron chi connectivity index (χ4n) is 2.35. The van der Waals surface area contributed by atoms with E-state index in [0.717, 1.165) is 30.0 Å². The van der Waals surface area contributed by atoms with Gasteiger partial charge in [0.25, 0.3) is 5.91 Å². The lowest BCUT2D eigenvalue weighted by atomic mass is 10.2. The predicted molar refractivity (Wildman–Crippen MR) is 89.4 cm³/mol. The van der Waals surface area contributed by atoms with Crippen molar-refractivity contribution in [2.45, 2.75) is 18.8 Å². The van der Waals surface area contributed by atoms with Gasteiger partial charge < -0.3 is 10.2 Å². The monoisotopic (exact) mass is 328 g/mol. The summed E-state index contributed by atoms with van der Waals surface area (Å²) in [4.78, 5) is 15.0. The van der Waals surface area contributed by atoms with Gasteiger partial charge in [0.1, 0.15) is 0 Å². The van der Waals surface area contributed by atoms with E-state index in [2.05, 4.69) is 20.6 Å². The minimum Gasteiger partial charge on any atom is -0.378 e. The lowest BCUT2D eigenvalue weighted by Gasteiger charge is -2.12.